The Morgan fingerprint density at radius 2 is 1.80 bits per heavy atom. The van der Waals surface area contributed by atoms with Gasteiger partial charge in [0, 0.05) is 17.7 Å². The van der Waals surface area contributed by atoms with Gasteiger partial charge in [0.05, 0.1) is 23.8 Å². The number of methoxy groups -OCH3 is 1. The van der Waals surface area contributed by atoms with Gasteiger partial charge >= 0.3 is 7.12 Å². The lowest BCUT2D eigenvalue weighted by atomic mass is 9.80. The second-order valence-electron chi connectivity index (χ2n) is 6.11. The Hall–Kier alpha value is -1.53. The molecule has 2 aromatic rings. The third kappa shape index (κ3) is 1.99. The smallest absolute Gasteiger partial charge is 0.480 e. The van der Waals surface area contributed by atoms with Crippen molar-refractivity contribution in [2.45, 2.75) is 38.9 Å². The molecule has 0 radical (unpaired) electrons. The van der Waals surface area contributed by atoms with Crippen LogP contribution in [0.5, 0.6) is 5.88 Å². The zero-order valence-corrected chi connectivity index (χ0v) is 12.5. The lowest BCUT2D eigenvalue weighted by molar-refractivity contribution is 0.00578. The fraction of sp³-hybridized carbons (Fsp3) is 0.500. The highest BCUT2D eigenvalue weighted by Gasteiger charge is 2.51. The molecule has 1 fully saturated rings. The number of nitrogens with zero attached hydrogens (tertiary/aromatic N) is 2. The maximum atomic E-state index is 6.04. The molecule has 0 atom stereocenters. The van der Waals surface area contributed by atoms with E-state index >= 15 is 0 Å². The van der Waals surface area contributed by atoms with Crippen LogP contribution in [-0.4, -0.2) is 35.0 Å². The molecular weight excluding hydrogens is 255 g/mol. The van der Waals surface area contributed by atoms with Crippen LogP contribution in [0.3, 0.4) is 0 Å². The number of fused-ring (bicyclic) bond motifs is 1. The molecule has 1 aliphatic heterocycles. The Morgan fingerprint density at radius 3 is 2.40 bits per heavy atom. The van der Waals surface area contributed by atoms with Crippen molar-refractivity contribution < 1.29 is 14.0 Å². The zero-order chi connectivity index (χ0) is 14.5. The maximum Gasteiger partial charge on any atom is 0.496 e. The van der Waals surface area contributed by atoms with Crippen LogP contribution in [0.15, 0.2) is 24.4 Å². The van der Waals surface area contributed by atoms with E-state index in [1.807, 2.05) is 52.1 Å². The van der Waals surface area contributed by atoms with Crippen LogP contribution in [0.2, 0.25) is 0 Å². The van der Waals surface area contributed by atoms with Gasteiger partial charge in [0.1, 0.15) is 0 Å². The van der Waals surface area contributed by atoms with Crippen molar-refractivity contribution in [1.29, 1.82) is 0 Å². The molecule has 1 saturated heterocycles. The largest absolute Gasteiger partial charge is 0.496 e. The number of pyridine rings is 1. The summed E-state index contributed by atoms with van der Waals surface area (Å²) in [5.41, 5.74) is 1.24. The maximum absolute atomic E-state index is 6.04. The van der Waals surface area contributed by atoms with E-state index in [4.69, 9.17) is 14.0 Å². The third-order valence-electron chi connectivity index (χ3n) is 4.19. The van der Waals surface area contributed by atoms with Crippen molar-refractivity contribution in [3.8, 4) is 5.88 Å². The SMILES string of the molecule is COc1cc2ccc(B3OC(C)(C)C(C)(C)O3)cn2n1. The minimum absolute atomic E-state index is 0.339. The van der Waals surface area contributed by atoms with E-state index in [0.717, 1.165) is 11.0 Å². The molecule has 0 bridgehead atoms. The van der Waals surface area contributed by atoms with E-state index in [1.54, 1.807) is 11.6 Å². The molecule has 0 saturated carbocycles. The quantitative estimate of drug-likeness (QED) is 0.781. The van der Waals surface area contributed by atoms with E-state index in [1.165, 1.54) is 0 Å². The summed E-state index contributed by atoms with van der Waals surface area (Å²) < 4.78 is 19.0. The molecule has 0 amide bonds. The molecule has 0 N–H and O–H groups in total. The molecule has 0 unspecified atom stereocenters. The number of rotatable bonds is 2. The average molecular weight is 274 g/mol. The molecule has 0 aromatic carbocycles. The van der Waals surface area contributed by atoms with Crippen molar-refractivity contribution in [2.75, 3.05) is 7.11 Å². The standard InChI is InChI=1S/C14H19BN2O3/c1-13(2)14(3,4)20-15(19-13)10-6-7-11-8-12(18-5)16-17(11)9-10/h6-9H,1-5H3. The minimum atomic E-state index is -0.375. The first-order chi connectivity index (χ1) is 9.32. The van der Waals surface area contributed by atoms with Gasteiger partial charge in [0.25, 0.3) is 0 Å². The average Bonchev–Trinajstić information content (AvgIpc) is 2.87. The van der Waals surface area contributed by atoms with Crippen molar-refractivity contribution in [3.05, 3.63) is 24.4 Å². The first-order valence-corrected chi connectivity index (χ1v) is 6.71. The summed E-state index contributed by atoms with van der Waals surface area (Å²) in [5.74, 6) is 0.594. The summed E-state index contributed by atoms with van der Waals surface area (Å²) in [6, 6.07) is 5.86. The molecule has 3 rings (SSSR count). The molecule has 0 aliphatic carbocycles. The van der Waals surface area contributed by atoms with Gasteiger partial charge in [-0.05, 0) is 33.8 Å². The summed E-state index contributed by atoms with van der Waals surface area (Å²) >= 11 is 0. The van der Waals surface area contributed by atoms with Crippen LogP contribution >= 0.6 is 0 Å². The summed E-state index contributed by atoms with van der Waals surface area (Å²) in [6.07, 6.45) is 1.92. The van der Waals surface area contributed by atoms with Gasteiger partial charge < -0.3 is 14.0 Å². The van der Waals surface area contributed by atoms with Crippen LogP contribution in [0.4, 0.5) is 0 Å². The van der Waals surface area contributed by atoms with Gasteiger partial charge in [-0.2, -0.15) is 0 Å². The lowest BCUT2D eigenvalue weighted by Crippen LogP contribution is -2.41. The van der Waals surface area contributed by atoms with Crippen LogP contribution in [0, 0.1) is 0 Å². The summed E-state index contributed by atoms with van der Waals surface area (Å²) in [4.78, 5) is 0. The van der Waals surface area contributed by atoms with Crippen molar-refractivity contribution in [3.63, 3.8) is 0 Å². The number of hydrogen-bond donors (Lipinski definition) is 0. The molecule has 5 nitrogen and oxygen atoms in total. The van der Waals surface area contributed by atoms with Gasteiger partial charge in [-0.25, -0.2) is 4.52 Å². The highest BCUT2D eigenvalue weighted by atomic mass is 16.7. The van der Waals surface area contributed by atoms with Crippen LogP contribution in [0.1, 0.15) is 27.7 Å². The first-order valence-electron chi connectivity index (χ1n) is 6.71. The Morgan fingerprint density at radius 1 is 1.15 bits per heavy atom. The summed E-state index contributed by atoms with van der Waals surface area (Å²) in [5, 5.41) is 4.32. The van der Waals surface area contributed by atoms with E-state index in [9.17, 15) is 0 Å². The van der Waals surface area contributed by atoms with Gasteiger partial charge in [0.2, 0.25) is 5.88 Å². The second kappa shape index (κ2) is 4.23. The number of aromatic nitrogens is 2. The fourth-order valence-corrected chi connectivity index (χ4v) is 2.20. The Bertz CT molecular complexity index is 635. The van der Waals surface area contributed by atoms with Crippen LogP contribution < -0.4 is 10.2 Å². The predicted octanol–water partition coefficient (Wildman–Crippen LogP) is 1.64. The minimum Gasteiger partial charge on any atom is -0.480 e. The van der Waals surface area contributed by atoms with Gasteiger partial charge in [-0.15, -0.1) is 5.10 Å². The van der Waals surface area contributed by atoms with E-state index in [-0.39, 0.29) is 18.3 Å². The molecular formula is C14H19BN2O3. The molecule has 1 aliphatic rings. The highest BCUT2D eigenvalue weighted by molar-refractivity contribution is 6.62. The summed E-state index contributed by atoms with van der Waals surface area (Å²) in [7, 11) is 1.23. The van der Waals surface area contributed by atoms with Gasteiger partial charge in [-0.3, -0.25) is 0 Å². The Balaban J connectivity index is 1.95. The van der Waals surface area contributed by atoms with Crippen LogP contribution in [0.25, 0.3) is 5.52 Å². The monoisotopic (exact) mass is 274 g/mol. The topological polar surface area (TPSA) is 45.0 Å². The van der Waals surface area contributed by atoms with E-state index in [0.29, 0.717) is 5.88 Å². The van der Waals surface area contributed by atoms with Crippen molar-refractivity contribution in [1.82, 2.24) is 9.61 Å². The lowest BCUT2D eigenvalue weighted by Gasteiger charge is -2.32. The molecule has 2 aromatic heterocycles. The predicted molar refractivity (Wildman–Crippen MR) is 77.5 cm³/mol. The summed E-state index contributed by atoms with van der Waals surface area (Å²) in [6.45, 7) is 8.18. The highest BCUT2D eigenvalue weighted by Crippen LogP contribution is 2.36. The van der Waals surface area contributed by atoms with Gasteiger partial charge in [0.15, 0.2) is 0 Å². The Kier molecular flexibility index (Phi) is 2.85. The normalized spacial score (nSPS) is 20.6. The Labute approximate surface area is 119 Å². The first kappa shape index (κ1) is 13.5. The fourth-order valence-electron chi connectivity index (χ4n) is 2.20. The van der Waals surface area contributed by atoms with Crippen molar-refractivity contribution >= 4 is 18.1 Å². The van der Waals surface area contributed by atoms with Crippen molar-refractivity contribution in [2.24, 2.45) is 0 Å². The van der Waals surface area contributed by atoms with Gasteiger partial charge in [-0.1, -0.05) is 6.07 Å². The molecule has 3 heterocycles. The zero-order valence-electron chi connectivity index (χ0n) is 12.5. The van der Waals surface area contributed by atoms with Crippen LogP contribution in [-0.2, 0) is 9.31 Å². The molecule has 0 spiro atoms. The number of ether oxygens (including phenoxy) is 1. The second-order valence-corrected chi connectivity index (χ2v) is 6.11. The third-order valence-corrected chi connectivity index (χ3v) is 4.19. The molecule has 106 valence electrons. The number of hydrogen-bond acceptors (Lipinski definition) is 4. The molecule has 20 heavy (non-hydrogen) atoms. The van der Waals surface area contributed by atoms with E-state index < -0.39 is 0 Å². The van der Waals surface area contributed by atoms with E-state index in [2.05, 4.69) is 5.10 Å². The molecule has 6 heteroatoms.